The molecule has 0 aromatic rings. The van der Waals surface area contributed by atoms with Gasteiger partial charge < -0.3 is 33.8 Å². The first-order chi connectivity index (χ1) is 51.2. The van der Waals surface area contributed by atoms with Crippen molar-refractivity contribution in [2.75, 3.05) is 39.6 Å². The van der Waals surface area contributed by atoms with Gasteiger partial charge in [0.25, 0.3) is 0 Å². The van der Waals surface area contributed by atoms with Gasteiger partial charge in [-0.3, -0.25) is 37.3 Å². The molecule has 0 spiro atoms. The van der Waals surface area contributed by atoms with Crippen molar-refractivity contribution in [1.82, 2.24) is 0 Å². The normalized spacial score (nSPS) is 14.4. The molecule has 0 aliphatic rings. The quantitative estimate of drug-likeness (QED) is 0.0222. The highest BCUT2D eigenvalue weighted by molar-refractivity contribution is 7.47. The highest BCUT2D eigenvalue weighted by atomic mass is 31.2. The van der Waals surface area contributed by atoms with Crippen LogP contribution in [0.1, 0.15) is 453 Å². The van der Waals surface area contributed by atoms with E-state index in [1.807, 2.05) is 0 Å². The number of unbranched alkanes of at least 4 members (excludes halogenated alkanes) is 48. The highest BCUT2D eigenvalue weighted by Crippen LogP contribution is 2.45. The molecule has 0 rings (SSSR count). The standard InChI is InChI=1S/C87H170O17P2/c1-9-79(7)65-57-49-41-35-28-24-20-16-12-14-18-22-26-30-38-44-53-61-69-86(91)103-82(73-97-84(89)67-59-51-42-36-32-31-34-40-48-56-64-78(5)6)75-101-105(93,94)99-71-81(88)72-100-106(95,96)102-76-83(74-98-85(90)68-60-52-46-45-50-58-66-80(8)10-2)104-87(92)70-62-54-43-37-29-25-21-17-13-11-15-19-23-27-33-39-47-55-63-77(3)4/h77-83,88H,9-76H2,1-8H3,(H,93,94)(H,95,96)/t79?,80?,81-,82-,83-/m1/s1. The maximum Gasteiger partial charge on any atom is 0.472 e. The second-order valence-electron chi connectivity index (χ2n) is 32.7. The number of aliphatic hydroxyl groups excluding tert-OH is 1. The third kappa shape index (κ3) is 77.4. The monoisotopic (exact) mass is 1550 g/mol. The molecule has 106 heavy (non-hydrogen) atoms. The van der Waals surface area contributed by atoms with Gasteiger partial charge in [-0.15, -0.1) is 0 Å². The lowest BCUT2D eigenvalue weighted by Crippen LogP contribution is -2.30. The average molecular weight is 1550 g/mol. The van der Waals surface area contributed by atoms with Gasteiger partial charge in [-0.25, -0.2) is 9.13 Å². The van der Waals surface area contributed by atoms with Crippen LogP contribution in [0.2, 0.25) is 0 Å². The third-order valence-corrected chi connectivity index (χ3v) is 22.9. The zero-order valence-corrected chi connectivity index (χ0v) is 71.9. The van der Waals surface area contributed by atoms with E-state index >= 15 is 0 Å². The predicted octanol–water partition coefficient (Wildman–Crippen LogP) is 26.3. The minimum Gasteiger partial charge on any atom is -0.462 e. The fraction of sp³-hybridized carbons (Fsp3) is 0.954. The Balaban J connectivity index is 5.18. The summed E-state index contributed by atoms with van der Waals surface area (Å²) in [5.41, 5.74) is 0. The van der Waals surface area contributed by atoms with Crippen LogP contribution in [0.3, 0.4) is 0 Å². The Bertz CT molecular complexity index is 2060. The minimum absolute atomic E-state index is 0.107. The van der Waals surface area contributed by atoms with Crippen LogP contribution in [0.25, 0.3) is 0 Å². The molecule has 0 aliphatic heterocycles. The molecule has 7 atom stereocenters. The van der Waals surface area contributed by atoms with Gasteiger partial charge in [-0.05, 0) is 49.4 Å². The topological polar surface area (TPSA) is 237 Å². The van der Waals surface area contributed by atoms with Crippen LogP contribution in [0.5, 0.6) is 0 Å². The molecule has 0 bridgehead atoms. The number of rotatable bonds is 84. The molecule has 3 N–H and O–H groups in total. The molecule has 19 heteroatoms. The Morgan fingerprint density at radius 3 is 0.670 bits per heavy atom. The average Bonchev–Trinajstić information content (AvgIpc) is 0.904. The summed E-state index contributed by atoms with van der Waals surface area (Å²) in [5, 5.41) is 10.7. The molecule has 4 unspecified atom stereocenters. The van der Waals surface area contributed by atoms with E-state index in [4.69, 9.17) is 37.0 Å². The van der Waals surface area contributed by atoms with Crippen molar-refractivity contribution in [3.8, 4) is 0 Å². The number of carbonyl (C=O) groups excluding carboxylic acids is 4. The number of esters is 4. The number of carbonyl (C=O) groups is 4. The summed E-state index contributed by atoms with van der Waals surface area (Å²) in [6.45, 7) is 14.3. The molecule has 0 aliphatic carbocycles. The molecule has 0 radical (unpaired) electrons. The SMILES string of the molecule is CCC(C)CCCCCCCCCCCCCCCCCCCCC(=O)O[C@H](COC(=O)CCCCCCCCCCCCC(C)C)COP(=O)(O)OC[C@@H](O)COP(=O)(O)OC[C@@H](COC(=O)CCCCCCCCC(C)CC)OC(=O)CCCCCCCCCCCCCCCCCCCCC(C)C. The Hall–Kier alpha value is -1.94. The van der Waals surface area contributed by atoms with E-state index in [1.165, 1.54) is 250 Å². The summed E-state index contributed by atoms with van der Waals surface area (Å²) >= 11 is 0. The Morgan fingerprint density at radius 2 is 0.453 bits per heavy atom. The van der Waals surface area contributed by atoms with E-state index in [1.54, 1.807) is 0 Å². The molecule has 0 aromatic heterocycles. The van der Waals surface area contributed by atoms with Crippen LogP contribution in [-0.4, -0.2) is 96.7 Å². The second-order valence-corrected chi connectivity index (χ2v) is 35.6. The number of hydrogen-bond acceptors (Lipinski definition) is 15. The third-order valence-electron chi connectivity index (χ3n) is 21.0. The van der Waals surface area contributed by atoms with E-state index in [0.29, 0.717) is 25.7 Å². The van der Waals surface area contributed by atoms with Crippen molar-refractivity contribution in [3.63, 3.8) is 0 Å². The number of ether oxygens (including phenoxy) is 4. The van der Waals surface area contributed by atoms with Crippen LogP contribution in [0.4, 0.5) is 0 Å². The molecule has 0 amide bonds. The molecular formula is C87H170O17P2. The fourth-order valence-electron chi connectivity index (χ4n) is 13.4. The van der Waals surface area contributed by atoms with Crippen LogP contribution in [0, 0.1) is 23.7 Å². The van der Waals surface area contributed by atoms with Crippen LogP contribution < -0.4 is 0 Å². The summed E-state index contributed by atoms with van der Waals surface area (Å²) < 4.78 is 68.9. The molecular weight excluding hydrogens is 1380 g/mol. The van der Waals surface area contributed by atoms with Crippen molar-refractivity contribution in [3.05, 3.63) is 0 Å². The molecule has 0 saturated carbocycles. The van der Waals surface area contributed by atoms with Gasteiger partial charge in [-0.2, -0.15) is 0 Å². The lowest BCUT2D eigenvalue weighted by molar-refractivity contribution is -0.161. The summed E-state index contributed by atoms with van der Waals surface area (Å²) in [6, 6.07) is 0. The Morgan fingerprint density at radius 1 is 0.264 bits per heavy atom. The smallest absolute Gasteiger partial charge is 0.462 e. The number of phosphoric acid groups is 2. The first-order valence-corrected chi connectivity index (χ1v) is 47.8. The van der Waals surface area contributed by atoms with Gasteiger partial charge in [0, 0.05) is 25.7 Å². The van der Waals surface area contributed by atoms with Crippen molar-refractivity contribution in [2.45, 2.75) is 472 Å². The van der Waals surface area contributed by atoms with Gasteiger partial charge >= 0.3 is 39.5 Å². The molecule has 0 fully saturated rings. The number of hydrogen-bond donors (Lipinski definition) is 3. The number of phosphoric ester groups is 2. The first-order valence-electron chi connectivity index (χ1n) is 44.8. The predicted molar refractivity (Wildman–Crippen MR) is 437 cm³/mol. The van der Waals surface area contributed by atoms with Crippen LogP contribution >= 0.6 is 15.6 Å². The largest absolute Gasteiger partial charge is 0.472 e. The van der Waals surface area contributed by atoms with Gasteiger partial charge in [0.05, 0.1) is 26.4 Å². The molecule has 0 saturated heterocycles. The minimum atomic E-state index is -4.97. The lowest BCUT2D eigenvalue weighted by Gasteiger charge is -2.21. The van der Waals surface area contributed by atoms with Gasteiger partial charge in [0.2, 0.25) is 0 Å². The van der Waals surface area contributed by atoms with Crippen molar-refractivity contribution >= 4 is 39.5 Å². The molecule has 17 nitrogen and oxygen atoms in total. The Labute approximate surface area is 651 Å². The van der Waals surface area contributed by atoms with Crippen molar-refractivity contribution in [1.29, 1.82) is 0 Å². The zero-order valence-electron chi connectivity index (χ0n) is 70.1. The van der Waals surface area contributed by atoms with E-state index in [2.05, 4.69) is 55.4 Å². The summed E-state index contributed by atoms with van der Waals surface area (Å²) in [5.74, 6) is 1.07. The summed E-state index contributed by atoms with van der Waals surface area (Å²) in [7, 11) is -9.93. The van der Waals surface area contributed by atoms with E-state index in [9.17, 15) is 43.2 Å². The lowest BCUT2D eigenvalue weighted by atomic mass is 9.99. The maximum atomic E-state index is 13.1. The zero-order chi connectivity index (χ0) is 78.1. The number of aliphatic hydroxyl groups is 1. The van der Waals surface area contributed by atoms with Crippen molar-refractivity contribution < 1.29 is 80.2 Å². The van der Waals surface area contributed by atoms with Crippen LogP contribution in [-0.2, 0) is 65.4 Å². The molecule has 630 valence electrons. The van der Waals surface area contributed by atoms with E-state index in [0.717, 1.165) is 120 Å². The fourth-order valence-corrected chi connectivity index (χ4v) is 15.0. The molecule has 0 aromatic carbocycles. The van der Waals surface area contributed by atoms with E-state index in [-0.39, 0.29) is 25.7 Å². The summed E-state index contributed by atoms with van der Waals surface area (Å²) in [4.78, 5) is 73.2. The van der Waals surface area contributed by atoms with Crippen molar-refractivity contribution in [2.24, 2.45) is 23.7 Å². The van der Waals surface area contributed by atoms with E-state index < -0.39 is 97.5 Å². The maximum absolute atomic E-state index is 13.1. The van der Waals surface area contributed by atoms with Crippen LogP contribution in [0.15, 0.2) is 0 Å². The second kappa shape index (κ2) is 75.7. The highest BCUT2D eigenvalue weighted by Gasteiger charge is 2.31. The van der Waals surface area contributed by atoms with Gasteiger partial charge in [0.1, 0.15) is 19.3 Å². The van der Waals surface area contributed by atoms with Gasteiger partial charge in [0.15, 0.2) is 12.2 Å². The molecule has 0 heterocycles. The van der Waals surface area contributed by atoms with Gasteiger partial charge in [-0.1, -0.05) is 402 Å². The first kappa shape index (κ1) is 104. The summed E-state index contributed by atoms with van der Waals surface area (Å²) in [6.07, 6.45) is 65.4. The Kier molecular flexibility index (Phi) is 74.3.